The lowest BCUT2D eigenvalue weighted by molar-refractivity contribution is -0.237. The molecule has 0 aromatic heterocycles. The Morgan fingerprint density at radius 2 is 1.41 bits per heavy atom. The summed E-state index contributed by atoms with van der Waals surface area (Å²) in [5.41, 5.74) is -0.730. The quantitative estimate of drug-likeness (QED) is 0.401. The van der Waals surface area contributed by atoms with Crippen LogP contribution in [0.4, 0.5) is 0 Å². The topological polar surface area (TPSA) is 162 Å². The summed E-state index contributed by atoms with van der Waals surface area (Å²) in [7, 11) is 0. The molecule has 11 nitrogen and oxygen atoms in total. The zero-order chi connectivity index (χ0) is 25.4. The van der Waals surface area contributed by atoms with Gasteiger partial charge in [0.25, 0.3) is 0 Å². The summed E-state index contributed by atoms with van der Waals surface area (Å²) < 4.78 is 27.1. The highest BCUT2D eigenvalue weighted by molar-refractivity contribution is 7.99. The number of nitriles is 2. The van der Waals surface area contributed by atoms with E-state index in [1.807, 2.05) is 12.1 Å². The van der Waals surface area contributed by atoms with Crippen LogP contribution in [0.5, 0.6) is 0 Å². The SMILES string of the molecule is CC(=O)OC[C@H]1O[C@@H](Sc2ccc(C#N)c(C#N)c2)[C@H](OC(C)=O)[C@@H](OC(C)=O)[C@H]1OC(C)=O. The fourth-order valence-electron chi connectivity index (χ4n) is 3.20. The van der Waals surface area contributed by atoms with Gasteiger partial charge in [-0.1, -0.05) is 11.8 Å². The third kappa shape index (κ3) is 7.20. The zero-order valence-electron chi connectivity index (χ0n) is 18.8. The van der Waals surface area contributed by atoms with Crippen LogP contribution in [0.2, 0.25) is 0 Å². The summed E-state index contributed by atoms with van der Waals surface area (Å²) in [6.07, 6.45) is -4.84. The zero-order valence-corrected chi connectivity index (χ0v) is 19.6. The Balaban J connectivity index is 2.50. The van der Waals surface area contributed by atoms with Crippen LogP contribution in [0.3, 0.4) is 0 Å². The molecule has 180 valence electrons. The van der Waals surface area contributed by atoms with E-state index in [4.69, 9.17) is 28.9 Å². The van der Waals surface area contributed by atoms with Crippen LogP contribution in [-0.2, 0) is 42.9 Å². The number of thioether (sulfide) groups is 1. The third-order valence-corrected chi connectivity index (χ3v) is 5.57. The number of esters is 4. The normalized spacial score (nSPS) is 23.5. The molecule has 0 aliphatic carbocycles. The van der Waals surface area contributed by atoms with E-state index in [1.54, 1.807) is 6.07 Å². The Morgan fingerprint density at radius 1 is 0.853 bits per heavy atom. The summed E-state index contributed by atoms with van der Waals surface area (Å²) in [5, 5.41) is 18.4. The monoisotopic (exact) mass is 490 g/mol. The van der Waals surface area contributed by atoms with Crippen molar-refractivity contribution in [3.05, 3.63) is 29.3 Å². The number of rotatable bonds is 7. The standard InChI is InChI=1S/C22H22N2O9S/c1-11(25)29-10-18-19(30-12(2)26)20(31-13(3)27)21(32-14(4)28)22(33-18)34-17-6-5-15(8-23)16(7-17)9-24/h5-7,18-22H,10H2,1-4H3/t18-,19+,20+,21-,22+/m1/s1. The number of hydrogen-bond acceptors (Lipinski definition) is 12. The summed E-state index contributed by atoms with van der Waals surface area (Å²) in [4.78, 5) is 47.4. The molecule has 0 bridgehead atoms. The largest absolute Gasteiger partial charge is 0.463 e. The van der Waals surface area contributed by atoms with E-state index in [-0.39, 0.29) is 17.7 Å². The molecule has 1 saturated heterocycles. The van der Waals surface area contributed by atoms with Crippen molar-refractivity contribution in [1.82, 2.24) is 0 Å². The number of ether oxygens (including phenoxy) is 5. The summed E-state index contributed by atoms with van der Waals surface area (Å²) in [5.74, 6) is -2.79. The maximum Gasteiger partial charge on any atom is 0.303 e. The van der Waals surface area contributed by atoms with E-state index < -0.39 is 53.7 Å². The molecule has 0 saturated carbocycles. The van der Waals surface area contributed by atoms with Crippen LogP contribution in [-0.4, -0.2) is 60.3 Å². The maximum atomic E-state index is 11.9. The van der Waals surface area contributed by atoms with Crippen molar-refractivity contribution in [3.8, 4) is 12.1 Å². The highest BCUT2D eigenvalue weighted by atomic mass is 32.2. The minimum Gasteiger partial charge on any atom is -0.463 e. The number of carbonyl (C=O) groups excluding carboxylic acids is 4. The highest BCUT2D eigenvalue weighted by Gasteiger charge is 2.52. The van der Waals surface area contributed by atoms with E-state index in [1.165, 1.54) is 19.1 Å². The summed E-state index contributed by atoms with van der Waals surface area (Å²) >= 11 is 1.02. The van der Waals surface area contributed by atoms with E-state index in [9.17, 15) is 24.4 Å². The van der Waals surface area contributed by atoms with Crippen molar-refractivity contribution in [1.29, 1.82) is 10.5 Å². The number of nitrogens with zero attached hydrogens (tertiary/aromatic N) is 2. The van der Waals surface area contributed by atoms with Gasteiger partial charge in [-0.2, -0.15) is 10.5 Å². The lowest BCUT2D eigenvalue weighted by Gasteiger charge is -2.44. The van der Waals surface area contributed by atoms with Crippen LogP contribution < -0.4 is 0 Å². The number of carbonyl (C=O) groups is 4. The van der Waals surface area contributed by atoms with Gasteiger partial charge in [-0.25, -0.2) is 0 Å². The molecule has 5 atom stereocenters. The number of benzene rings is 1. The highest BCUT2D eigenvalue weighted by Crippen LogP contribution is 2.38. The van der Waals surface area contributed by atoms with Crippen molar-refractivity contribution in [2.75, 3.05) is 6.61 Å². The van der Waals surface area contributed by atoms with Gasteiger partial charge in [0, 0.05) is 32.6 Å². The molecule has 1 fully saturated rings. The average molecular weight is 490 g/mol. The third-order valence-electron chi connectivity index (χ3n) is 4.43. The van der Waals surface area contributed by atoms with Gasteiger partial charge < -0.3 is 23.7 Å². The second-order valence-electron chi connectivity index (χ2n) is 7.12. The van der Waals surface area contributed by atoms with Crippen LogP contribution in [0, 0.1) is 22.7 Å². The Hall–Kier alpha value is -3.61. The smallest absolute Gasteiger partial charge is 0.303 e. The average Bonchev–Trinajstić information content (AvgIpc) is 2.75. The predicted molar refractivity (Wildman–Crippen MR) is 114 cm³/mol. The molecule has 12 heteroatoms. The van der Waals surface area contributed by atoms with Crippen molar-refractivity contribution in [2.45, 2.75) is 62.4 Å². The second-order valence-corrected chi connectivity index (χ2v) is 8.29. The first kappa shape index (κ1) is 26.6. The lowest BCUT2D eigenvalue weighted by Crippen LogP contribution is -2.61. The molecule has 0 amide bonds. The first-order chi connectivity index (χ1) is 16.0. The van der Waals surface area contributed by atoms with Crippen molar-refractivity contribution in [3.63, 3.8) is 0 Å². The molecule has 0 radical (unpaired) electrons. The van der Waals surface area contributed by atoms with E-state index >= 15 is 0 Å². The van der Waals surface area contributed by atoms with Crippen molar-refractivity contribution < 1.29 is 42.9 Å². The molecular formula is C22H22N2O9S. The Labute approximate surface area is 199 Å². The minimum absolute atomic E-state index is 0.123. The Bertz CT molecular complexity index is 1050. The molecule has 0 unspecified atom stereocenters. The maximum absolute atomic E-state index is 11.9. The molecule has 1 heterocycles. The molecule has 34 heavy (non-hydrogen) atoms. The van der Waals surface area contributed by atoms with Gasteiger partial charge >= 0.3 is 23.9 Å². The van der Waals surface area contributed by atoms with Crippen molar-refractivity contribution >= 4 is 35.6 Å². The molecule has 1 aromatic rings. The van der Waals surface area contributed by atoms with Crippen LogP contribution in [0.1, 0.15) is 38.8 Å². The first-order valence-corrected chi connectivity index (χ1v) is 10.8. The van der Waals surface area contributed by atoms with Crippen LogP contribution in [0.25, 0.3) is 0 Å². The van der Waals surface area contributed by atoms with Gasteiger partial charge in [-0.3, -0.25) is 19.2 Å². The van der Waals surface area contributed by atoms with Gasteiger partial charge in [0.05, 0.1) is 11.1 Å². The van der Waals surface area contributed by atoms with Crippen molar-refractivity contribution in [2.24, 2.45) is 0 Å². The lowest BCUT2D eigenvalue weighted by atomic mass is 9.99. The summed E-state index contributed by atoms with van der Waals surface area (Å²) in [6, 6.07) is 8.31. The Kier molecular flexibility index (Phi) is 9.42. The van der Waals surface area contributed by atoms with Gasteiger partial charge in [0.15, 0.2) is 18.3 Å². The molecule has 1 aliphatic rings. The number of hydrogen-bond donors (Lipinski definition) is 0. The van der Waals surface area contributed by atoms with Gasteiger partial charge in [-0.15, -0.1) is 0 Å². The summed E-state index contributed by atoms with van der Waals surface area (Å²) in [6.45, 7) is 4.25. The fourth-order valence-corrected chi connectivity index (χ4v) is 4.35. The molecule has 2 rings (SSSR count). The molecule has 0 N–H and O–H groups in total. The fraction of sp³-hybridized carbons (Fsp3) is 0.455. The molecular weight excluding hydrogens is 468 g/mol. The molecule has 1 aromatic carbocycles. The van der Waals surface area contributed by atoms with Gasteiger partial charge in [0.2, 0.25) is 0 Å². The van der Waals surface area contributed by atoms with Gasteiger partial charge in [-0.05, 0) is 18.2 Å². The molecule has 0 spiro atoms. The second kappa shape index (κ2) is 12.0. The Morgan fingerprint density at radius 3 is 1.94 bits per heavy atom. The first-order valence-electron chi connectivity index (χ1n) is 9.97. The van der Waals surface area contributed by atoms with Crippen LogP contribution >= 0.6 is 11.8 Å². The minimum atomic E-state index is -1.29. The predicted octanol–water partition coefficient (Wildman–Crippen LogP) is 1.61. The van der Waals surface area contributed by atoms with E-state index in [0.29, 0.717) is 4.90 Å². The van der Waals surface area contributed by atoms with Crippen LogP contribution in [0.15, 0.2) is 23.1 Å². The molecule has 1 aliphatic heterocycles. The van der Waals surface area contributed by atoms with E-state index in [0.717, 1.165) is 32.5 Å². The van der Waals surface area contributed by atoms with Gasteiger partial charge in [0.1, 0.15) is 30.3 Å². The van der Waals surface area contributed by atoms with E-state index in [2.05, 4.69) is 0 Å².